The highest BCUT2D eigenvalue weighted by Gasteiger charge is 2.46. The number of ether oxygens (including phenoxy) is 2. The fourth-order valence-corrected chi connectivity index (χ4v) is 5.06. The molecule has 1 saturated heterocycles. The number of carbonyl (C=O) groups excluding carboxylic acids is 1. The first-order chi connectivity index (χ1) is 10.3. The first kappa shape index (κ1) is 17.7. The summed E-state index contributed by atoms with van der Waals surface area (Å²) >= 11 is 0. The number of esters is 1. The summed E-state index contributed by atoms with van der Waals surface area (Å²) in [5.41, 5.74) is -1.13. The molecule has 1 N–H and O–H groups in total. The van der Waals surface area contributed by atoms with Crippen molar-refractivity contribution in [2.45, 2.75) is 63.7 Å². The Kier molecular flexibility index (Phi) is 5.47. The molecule has 0 aromatic rings. The second-order valence-corrected chi connectivity index (χ2v) is 7.99. The van der Waals surface area contributed by atoms with Crippen molar-refractivity contribution in [1.29, 1.82) is 0 Å². The lowest BCUT2D eigenvalue weighted by atomic mass is 9.83. The zero-order valence-corrected chi connectivity index (χ0v) is 14.3. The Bertz CT molecular complexity index is 491. The SMILES string of the molecule is COC(=O)C1(NS(=O)(=O)N2CC(C)OC(C)C2)CCCCC1. The van der Waals surface area contributed by atoms with Crippen LogP contribution in [0.1, 0.15) is 46.0 Å². The average Bonchev–Trinajstić information content (AvgIpc) is 2.46. The molecule has 2 rings (SSSR count). The standard InChI is InChI=1S/C14H26N2O5S/c1-11-9-16(10-12(2)21-11)22(18,19)15-14(13(17)20-3)7-5-4-6-8-14/h11-12,15H,4-10H2,1-3H3. The number of hydrogen-bond donors (Lipinski definition) is 1. The molecule has 128 valence electrons. The summed E-state index contributed by atoms with van der Waals surface area (Å²) in [4.78, 5) is 12.2. The predicted octanol–water partition coefficient (Wildman–Crippen LogP) is 0.806. The van der Waals surface area contributed by atoms with Gasteiger partial charge in [-0.25, -0.2) is 0 Å². The molecule has 8 heteroatoms. The van der Waals surface area contributed by atoms with Gasteiger partial charge in [-0.15, -0.1) is 0 Å². The van der Waals surface area contributed by atoms with Crippen molar-refractivity contribution < 1.29 is 22.7 Å². The monoisotopic (exact) mass is 334 g/mol. The van der Waals surface area contributed by atoms with Crippen LogP contribution < -0.4 is 4.72 Å². The molecule has 2 fully saturated rings. The Morgan fingerprint density at radius 2 is 1.73 bits per heavy atom. The molecule has 1 aliphatic carbocycles. The van der Waals surface area contributed by atoms with Gasteiger partial charge in [-0.3, -0.25) is 4.79 Å². The molecule has 0 spiro atoms. The van der Waals surface area contributed by atoms with Crippen molar-refractivity contribution >= 4 is 16.2 Å². The van der Waals surface area contributed by atoms with Crippen molar-refractivity contribution in [1.82, 2.24) is 9.03 Å². The minimum absolute atomic E-state index is 0.166. The maximum atomic E-state index is 12.7. The second-order valence-electron chi connectivity index (χ2n) is 6.32. The van der Waals surface area contributed by atoms with E-state index in [0.29, 0.717) is 12.8 Å². The number of morpholine rings is 1. The number of rotatable bonds is 4. The predicted molar refractivity (Wildman–Crippen MR) is 81.5 cm³/mol. The summed E-state index contributed by atoms with van der Waals surface area (Å²) in [5.74, 6) is -0.495. The van der Waals surface area contributed by atoms with Crippen molar-refractivity contribution in [3.8, 4) is 0 Å². The zero-order chi connectivity index (χ0) is 16.4. The Balaban J connectivity index is 2.19. The molecule has 0 aromatic heterocycles. The number of methoxy groups -OCH3 is 1. The van der Waals surface area contributed by atoms with Crippen molar-refractivity contribution in [2.24, 2.45) is 0 Å². The Morgan fingerprint density at radius 1 is 1.18 bits per heavy atom. The minimum Gasteiger partial charge on any atom is -0.468 e. The first-order valence-corrected chi connectivity index (χ1v) is 9.26. The van der Waals surface area contributed by atoms with E-state index < -0.39 is 21.7 Å². The third kappa shape index (κ3) is 3.79. The van der Waals surface area contributed by atoms with E-state index in [1.165, 1.54) is 11.4 Å². The van der Waals surface area contributed by atoms with Gasteiger partial charge in [-0.1, -0.05) is 19.3 Å². The van der Waals surface area contributed by atoms with E-state index in [1.807, 2.05) is 13.8 Å². The molecule has 0 amide bonds. The molecule has 2 atom stereocenters. The molecule has 2 unspecified atom stereocenters. The van der Waals surface area contributed by atoms with Gasteiger partial charge in [0.05, 0.1) is 19.3 Å². The molecular weight excluding hydrogens is 308 g/mol. The second kappa shape index (κ2) is 6.82. The smallest absolute Gasteiger partial charge is 0.327 e. The number of carbonyl (C=O) groups is 1. The topological polar surface area (TPSA) is 84.9 Å². The van der Waals surface area contributed by atoms with Crippen LogP contribution in [0.4, 0.5) is 0 Å². The molecule has 1 heterocycles. The van der Waals surface area contributed by atoms with E-state index in [9.17, 15) is 13.2 Å². The van der Waals surface area contributed by atoms with Crippen LogP contribution in [0.15, 0.2) is 0 Å². The van der Waals surface area contributed by atoms with E-state index in [1.54, 1.807) is 0 Å². The van der Waals surface area contributed by atoms with Gasteiger partial charge >= 0.3 is 5.97 Å². The van der Waals surface area contributed by atoms with E-state index in [0.717, 1.165) is 19.3 Å². The van der Waals surface area contributed by atoms with Crippen LogP contribution in [0.5, 0.6) is 0 Å². The van der Waals surface area contributed by atoms with E-state index in [2.05, 4.69) is 4.72 Å². The van der Waals surface area contributed by atoms with Crippen LogP contribution in [0, 0.1) is 0 Å². The number of hydrogen-bond acceptors (Lipinski definition) is 5. The molecule has 1 aliphatic heterocycles. The third-order valence-corrected chi connectivity index (χ3v) is 5.96. The van der Waals surface area contributed by atoms with E-state index >= 15 is 0 Å². The van der Waals surface area contributed by atoms with Gasteiger partial charge in [0.15, 0.2) is 0 Å². The summed E-state index contributed by atoms with van der Waals surface area (Å²) in [5, 5.41) is 0. The Hall–Kier alpha value is -0.700. The lowest BCUT2D eigenvalue weighted by Gasteiger charge is -2.39. The highest BCUT2D eigenvalue weighted by molar-refractivity contribution is 7.87. The third-order valence-electron chi connectivity index (χ3n) is 4.33. The van der Waals surface area contributed by atoms with E-state index in [-0.39, 0.29) is 25.3 Å². The van der Waals surface area contributed by atoms with Gasteiger partial charge in [0.25, 0.3) is 10.2 Å². The summed E-state index contributed by atoms with van der Waals surface area (Å²) in [6.45, 7) is 4.26. The van der Waals surface area contributed by atoms with Crippen molar-refractivity contribution in [3.05, 3.63) is 0 Å². The molecule has 2 aliphatic rings. The minimum atomic E-state index is -3.76. The Morgan fingerprint density at radius 3 is 2.23 bits per heavy atom. The summed E-state index contributed by atoms with van der Waals surface area (Å²) in [7, 11) is -2.46. The fourth-order valence-electron chi connectivity index (χ4n) is 3.34. The zero-order valence-electron chi connectivity index (χ0n) is 13.5. The maximum Gasteiger partial charge on any atom is 0.327 e. The van der Waals surface area contributed by atoms with Gasteiger partial charge < -0.3 is 9.47 Å². The van der Waals surface area contributed by atoms with Gasteiger partial charge in [-0.05, 0) is 26.7 Å². The maximum absolute atomic E-state index is 12.7. The molecule has 1 saturated carbocycles. The van der Waals surface area contributed by atoms with Crippen LogP contribution >= 0.6 is 0 Å². The van der Waals surface area contributed by atoms with Crippen molar-refractivity contribution in [2.75, 3.05) is 20.2 Å². The molecule has 0 aromatic carbocycles. The number of nitrogens with one attached hydrogen (secondary N) is 1. The van der Waals surface area contributed by atoms with Gasteiger partial charge in [0.1, 0.15) is 5.54 Å². The highest BCUT2D eigenvalue weighted by atomic mass is 32.2. The van der Waals surface area contributed by atoms with Crippen LogP contribution in [0.2, 0.25) is 0 Å². The van der Waals surface area contributed by atoms with Crippen molar-refractivity contribution in [3.63, 3.8) is 0 Å². The Labute approximate surface area is 132 Å². The average molecular weight is 334 g/mol. The van der Waals surface area contributed by atoms with Crippen LogP contribution in [0.3, 0.4) is 0 Å². The quantitative estimate of drug-likeness (QED) is 0.769. The van der Waals surface area contributed by atoms with Gasteiger partial charge in [-0.2, -0.15) is 17.4 Å². The number of nitrogens with zero attached hydrogens (tertiary/aromatic N) is 1. The molecule has 0 radical (unpaired) electrons. The normalized spacial score (nSPS) is 30.0. The summed E-state index contributed by atoms with van der Waals surface area (Å²) in [6, 6.07) is 0. The van der Waals surface area contributed by atoms with Crippen LogP contribution in [0.25, 0.3) is 0 Å². The molecule has 0 bridgehead atoms. The molecular formula is C14H26N2O5S. The first-order valence-electron chi connectivity index (χ1n) is 7.82. The van der Waals surface area contributed by atoms with E-state index in [4.69, 9.17) is 9.47 Å². The molecule has 7 nitrogen and oxygen atoms in total. The largest absolute Gasteiger partial charge is 0.468 e. The lowest BCUT2D eigenvalue weighted by molar-refractivity contribution is -0.149. The van der Waals surface area contributed by atoms with Crippen LogP contribution in [-0.4, -0.2) is 56.6 Å². The van der Waals surface area contributed by atoms with Gasteiger partial charge in [0.2, 0.25) is 0 Å². The van der Waals surface area contributed by atoms with Gasteiger partial charge in [0, 0.05) is 13.1 Å². The fraction of sp³-hybridized carbons (Fsp3) is 0.929. The highest BCUT2D eigenvalue weighted by Crippen LogP contribution is 2.31. The summed E-state index contributed by atoms with van der Waals surface area (Å²) in [6.07, 6.45) is 3.26. The summed E-state index contributed by atoms with van der Waals surface area (Å²) < 4.78 is 39.9. The lowest BCUT2D eigenvalue weighted by Crippen LogP contribution is -2.61. The van der Waals surface area contributed by atoms with Crippen LogP contribution in [-0.2, 0) is 24.5 Å². The molecule has 22 heavy (non-hydrogen) atoms.